The minimum Gasteiger partial charge on any atom is -0.545 e. The van der Waals surface area contributed by atoms with Crippen molar-refractivity contribution in [1.82, 2.24) is 5.32 Å². The van der Waals surface area contributed by atoms with Gasteiger partial charge in [0.05, 0.1) is 12.1 Å². The number of nitrogens with one attached hydrogen (secondary N) is 1. The van der Waals surface area contributed by atoms with Crippen molar-refractivity contribution < 1.29 is 15.0 Å². The molecule has 1 aromatic carbocycles. The van der Waals surface area contributed by atoms with E-state index >= 15 is 0 Å². The summed E-state index contributed by atoms with van der Waals surface area (Å²) in [5, 5.41) is 23.7. The van der Waals surface area contributed by atoms with Gasteiger partial charge in [-0.3, -0.25) is 0 Å². The smallest absolute Gasteiger partial charge is 0.0733 e. The summed E-state index contributed by atoms with van der Waals surface area (Å²) >= 11 is 0. The molecule has 4 nitrogen and oxygen atoms in total. The molecule has 1 aliphatic heterocycles. The Morgan fingerprint density at radius 3 is 3.00 bits per heavy atom. The second-order valence-electron chi connectivity index (χ2n) is 4.08. The van der Waals surface area contributed by atoms with Crippen LogP contribution in [0.25, 0.3) is 0 Å². The quantitative estimate of drug-likeness (QED) is 0.704. The number of hydrogen-bond acceptors (Lipinski definition) is 4. The van der Waals surface area contributed by atoms with Crippen molar-refractivity contribution in [3.05, 3.63) is 35.4 Å². The fourth-order valence-corrected chi connectivity index (χ4v) is 2.13. The molecular formula is C12H14NO3-. The van der Waals surface area contributed by atoms with Crippen LogP contribution in [0.15, 0.2) is 24.3 Å². The lowest BCUT2D eigenvalue weighted by Gasteiger charge is -2.29. The average Bonchev–Trinajstić information content (AvgIpc) is 2.30. The number of benzene rings is 1. The summed E-state index contributed by atoms with van der Waals surface area (Å²) in [6.07, 6.45) is 0.364. The summed E-state index contributed by atoms with van der Waals surface area (Å²) in [5.74, 6) is -1.16. The first-order valence-electron chi connectivity index (χ1n) is 5.38. The summed E-state index contributed by atoms with van der Waals surface area (Å²) in [6.45, 7) is 1.40. The maximum absolute atomic E-state index is 10.7. The van der Waals surface area contributed by atoms with Crippen molar-refractivity contribution in [3.8, 4) is 0 Å². The van der Waals surface area contributed by atoms with Gasteiger partial charge in [0, 0.05) is 12.5 Å². The Kier molecular flexibility index (Phi) is 3.22. The molecule has 1 saturated heterocycles. The number of aliphatic hydroxyl groups excluding tert-OH is 1. The van der Waals surface area contributed by atoms with Crippen LogP contribution in [0, 0.1) is 0 Å². The Balaban J connectivity index is 2.25. The number of carbonyl (C=O) groups excluding carboxylic acids is 1. The molecule has 1 fully saturated rings. The van der Waals surface area contributed by atoms with Crippen LogP contribution in [0.3, 0.4) is 0 Å². The number of hydrogen-bond donors (Lipinski definition) is 2. The van der Waals surface area contributed by atoms with Crippen LogP contribution in [0.4, 0.5) is 0 Å². The van der Waals surface area contributed by atoms with Gasteiger partial charge in [0.15, 0.2) is 0 Å². The normalized spacial score (nSPS) is 25.3. The van der Waals surface area contributed by atoms with E-state index in [0.29, 0.717) is 6.54 Å². The average molecular weight is 220 g/mol. The maximum Gasteiger partial charge on any atom is 0.0733 e. The van der Waals surface area contributed by atoms with Gasteiger partial charge in [-0.25, -0.2) is 0 Å². The molecule has 0 radical (unpaired) electrons. The molecule has 1 aromatic rings. The summed E-state index contributed by atoms with van der Waals surface area (Å²) in [5.41, 5.74) is 1.04. The van der Waals surface area contributed by atoms with Gasteiger partial charge < -0.3 is 20.3 Å². The van der Waals surface area contributed by atoms with Crippen LogP contribution in [-0.2, 0) is 0 Å². The van der Waals surface area contributed by atoms with Crippen LogP contribution in [0.1, 0.15) is 28.3 Å². The van der Waals surface area contributed by atoms with Crippen molar-refractivity contribution in [2.24, 2.45) is 0 Å². The minimum atomic E-state index is -1.18. The van der Waals surface area contributed by atoms with Gasteiger partial charge >= 0.3 is 0 Å². The van der Waals surface area contributed by atoms with Gasteiger partial charge in [0.2, 0.25) is 0 Å². The van der Waals surface area contributed by atoms with Crippen molar-refractivity contribution in [1.29, 1.82) is 0 Å². The van der Waals surface area contributed by atoms with E-state index in [0.717, 1.165) is 18.5 Å². The molecule has 2 unspecified atom stereocenters. The van der Waals surface area contributed by atoms with Crippen LogP contribution in [0.5, 0.6) is 0 Å². The Morgan fingerprint density at radius 2 is 2.31 bits per heavy atom. The van der Waals surface area contributed by atoms with Crippen molar-refractivity contribution in [2.75, 3.05) is 13.1 Å². The number of carboxylic acids is 1. The number of aliphatic hydroxyl groups is 1. The lowest BCUT2D eigenvalue weighted by molar-refractivity contribution is -0.255. The fraction of sp³-hybridized carbons (Fsp3) is 0.417. The molecule has 0 spiro atoms. The molecule has 2 rings (SSSR count). The van der Waals surface area contributed by atoms with Gasteiger partial charge in [-0.2, -0.15) is 0 Å². The van der Waals surface area contributed by atoms with Crippen LogP contribution in [-0.4, -0.2) is 30.3 Å². The molecule has 1 aliphatic rings. The zero-order valence-electron chi connectivity index (χ0n) is 8.85. The monoisotopic (exact) mass is 220 g/mol. The summed E-state index contributed by atoms with van der Waals surface area (Å²) in [4.78, 5) is 10.7. The second-order valence-corrected chi connectivity index (χ2v) is 4.08. The first kappa shape index (κ1) is 11.1. The highest BCUT2D eigenvalue weighted by Gasteiger charge is 2.24. The highest BCUT2D eigenvalue weighted by atomic mass is 16.4. The third kappa shape index (κ3) is 2.23. The van der Waals surface area contributed by atoms with E-state index in [9.17, 15) is 15.0 Å². The number of carboxylic acid groups (broad SMARTS) is 1. The van der Waals surface area contributed by atoms with Gasteiger partial charge in [0.1, 0.15) is 0 Å². The van der Waals surface area contributed by atoms with E-state index in [1.165, 1.54) is 6.07 Å². The lowest BCUT2D eigenvalue weighted by Crippen LogP contribution is -2.39. The molecule has 86 valence electrons. The summed E-state index contributed by atoms with van der Waals surface area (Å²) in [7, 11) is 0. The molecule has 0 aliphatic carbocycles. The standard InChI is InChI=1S/C12H15NO3/c14-11-7-13-5-4-10(11)8-2-1-3-9(6-8)12(15)16/h1-3,6,10-11,13-14H,4-5,7H2,(H,15,16)/p-1. The first-order chi connectivity index (χ1) is 7.68. The van der Waals surface area contributed by atoms with Crippen molar-refractivity contribution in [2.45, 2.75) is 18.4 Å². The van der Waals surface area contributed by atoms with E-state index in [-0.39, 0.29) is 11.5 Å². The second kappa shape index (κ2) is 4.63. The van der Waals surface area contributed by atoms with E-state index in [1.54, 1.807) is 12.1 Å². The first-order valence-corrected chi connectivity index (χ1v) is 5.38. The van der Waals surface area contributed by atoms with Crippen LogP contribution < -0.4 is 10.4 Å². The van der Waals surface area contributed by atoms with E-state index in [2.05, 4.69) is 5.32 Å². The molecule has 2 N–H and O–H groups in total. The van der Waals surface area contributed by atoms with E-state index in [4.69, 9.17) is 0 Å². The molecule has 0 bridgehead atoms. The molecular weight excluding hydrogens is 206 g/mol. The van der Waals surface area contributed by atoms with Gasteiger partial charge in [-0.05, 0) is 30.2 Å². The fourth-order valence-electron chi connectivity index (χ4n) is 2.13. The van der Waals surface area contributed by atoms with E-state index < -0.39 is 12.1 Å². The Labute approximate surface area is 93.9 Å². The predicted molar refractivity (Wildman–Crippen MR) is 57.0 cm³/mol. The highest BCUT2D eigenvalue weighted by molar-refractivity contribution is 5.85. The Morgan fingerprint density at radius 1 is 1.50 bits per heavy atom. The number of carbonyl (C=O) groups is 1. The third-order valence-electron chi connectivity index (χ3n) is 3.00. The molecule has 1 heterocycles. The molecule has 16 heavy (non-hydrogen) atoms. The zero-order chi connectivity index (χ0) is 11.5. The van der Waals surface area contributed by atoms with Gasteiger partial charge in [-0.1, -0.05) is 18.2 Å². The van der Waals surface area contributed by atoms with Gasteiger partial charge in [-0.15, -0.1) is 0 Å². The van der Waals surface area contributed by atoms with Crippen molar-refractivity contribution in [3.63, 3.8) is 0 Å². The van der Waals surface area contributed by atoms with Gasteiger partial charge in [0.25, 0.3) is 0 Å². The Hall–Kier alpha value is -1.39. The molecule has 4 heteroatoms. The topological polar surface area (TPSA) is 72.4 Å². The molecule has 0 amide bonds. The highest BCUT2D eigenvalue weighted by Crippen LogP contribution is 2.26. The third-order valence-corrected chi connectivity index (χ3v) is 3.00. The van der Waals surface area contributed by atoms with E-state index in [1.807, 2.05) is 6.07 Å². The maximum atomic E-state index is 10.7. The predicted octanol–water partition coefficient (Wildman–Crippen LogP) is -0.512. The molecule has 0 aromatic heterocycles. The number of piperidine rings is 1. The summed E-state index contributed by atoms with van der Waals surface area (Å²) < 4.78 is 0. The molecule has 2 atom stereocenters. The lowest BCUT2D eigenvalue weighted by atomic mass is 9.87. The Bertz CT molecular complexity index is 392. The minimum absolute atomic E-state index is 0.0144. The van der Waals surface area contributed by atoms with Crippen LogP contribution >= 0.6 is 0 Å². The van der Waals surface area contributed by atoms with Crippen LogP contribution in [0.2, 0.25) is 0 Å². The van der Waals surface area contributed by atoms with Crippen molar-refractivity contribution >= 4 is 5.97 Å². The molecule has 0 saturated carbocycles. The SMILES string of the molecule is O=C([O-])c1cccc(C2CCNCC2O)c1. The number of aromatic carboxylic acids is 1. The number of rotatable bonds is 2. The number of β-amino-alcohol motifs (C(OH)–C–C–N with tert-alkyl or cyclic N) is 1. The zero-order valence-corrected chi connectivity index (χ0v) is 8.85. The summed E-state index contributed by atoms with van der Waals surface area (Å²) in [6, 6.07) is 6.64. The largest absolute Gasteiger partial charge is 0.545 e.